The molecule has 0 aliphatic rings. The molecule has 7 nitrogen and oxygen atoms in total. The minimum absolute atomic E-state index is 0.0660. The van der Waals surface area contributed by atoms with Gasteiger partial charge in [-0.15, -0.1) is 0 Å². The van der Waals surface area contributed by atoms with Crippen LogP contribution in [0.5, 0.6) is 5.75 Å². The average Bonchev–Trinajstić information content (AvgIpc) is 2.59. The molecule has 128 valence electrons. The fourth-order valence-corrected chi connectivity index (χ4v) is 3.08. The maximum absolute atomic E-state index is 12.6. The van der Waals surface area contributed by atoms with E-state index in [-0.39, 0.29) is 11.5 Å². The summed E-state index contributed by atoms with van der Waals surface area (Å²) in [4.78, 5) is 16.2. The van der Waals surface area contributed by atoms with Crippen molar-refractivity contribution < 1.29 is 27.9 Å². The fraction of sp³-hybridized carbons (Fsp3) is 0.188. The number of methoxy groups -OCH3 is 1. The molecule has 0 radical (unpaired) electrons. The molecule has 0 fully saturated rings. The number of carbonyl (C=O) groups is 1. The molecule has 0 aliphatic heterocycles. The van der Waals surface area contributed by atoms with Crippen molar-refractivity contribution in [3.8, 4) is 5.75 Å². The Morgan fingerprint density at radius 2 is 1.71 bits per heavy atom. The number of hydroxylamine groups is 1. The lowest BCUT2D eigenvalue weighted by Gasteiger charge is -2.20. The van der Waals surface area contributed by atoms with Crippen molar-refractivity contribution in [1.82, 2.24) is 4.47 Å². The van der Waals surface area contributed by atoms with Crippen molar-refractivity contribution in [2.24, 2.45) is 0 Å². The first-order valence-corrected chi connectivity index (χ1v) is 8.43. The van der Waals surface area contributed by atoms with Gasteiger partial charge in [-0.3, -0.25) is 9.63 Å². The van der Waals surface area contributed by atoms with E-state index in [2.05, 4.69) is 0 Å². The maximum atomic E-state index is 12.6. The first kappa shape index (κ1) is 17.9. The predicted octanol–water partition coefficient (Wildman–Crippen LogP) is 1.90. The summed E-state index contributed by atoms with van der Waals surface area (Å²) in [6.45, 7) is -0.870. The smallest absolute Gasteiger partial charge is 0.321 e. The van der Waals surface area contributed by atoms with Gasteiger partial charge in [-0.25, -0.2) is 8.42 Å². The number of benzene rings is 2. The van der Waals surface area contributed by atoms with Crippen molar-refractivity contribution in [2.45, 2.75) is 11.5 Å². The van der Waals surface area contributed by atoms with Crippen LogP contribution in [0.25, 0.3) is 0 Å². The Kier molecular flexibility index (Phi) is 5.91. The molecule has 24 heavy (non-hydrogen) atoms. The Balaban J connectivity index is 2.22. The molecule has 0 amide bonds. The number of aliphatic carboxylic acids is 1. The first-order valence-electron chi connectivity index (χ1n) is 6.99. The van der Waals surface area contributed by atoms with Crippen molar-refractivity contribution in [3.05, 3.63) is 60.2 Å². The lowest BCUT2D eigenvalue weighted by atomic mass is 10.2. The van der Waals surface area contributed by atoms with Crippen molar-refractivity contribution in [2.75, 3.05) is 13.7 Å². The van der Waals surface area contributed by atoms with E-state index >= 15 is 0 Å². The number of carboxylic acid groups (broad SMARTS) is 1. The van der Waals surface area contributed by atoms with E-state index in [1.807, 2.05) is 6.07 Å². The van der Waals surface area contributed by atoms with Gasteiger partial charge in [0, 0.05) is 0 Å². The lowest BCUT2D eigenvalue weighted by molar-refractivity contribution is -0.151. The number of rotatable bonds is 8. The summed E-state index contributed by atoms with van der Waals surface area (Å²) in [5, 5.41) is 8.97. The van der Waals surface area contributed by atoms with Crippen LogP contribution in [-0.2, 0) is 26.3 Å². The van der Waals surface area contributed by atoms with Crippen LogP contribution < -0.4 is 4.74 Å². The summed E-state index contributed by atoms with van der Waals surface area (Å²) in [6, 6.07) is 14.5. The molecule has 0 unspecified atom stereocenters. The summed E-state index contributed by atoms with van der Waals surface area (Å²) >= 11 is 0. The summed E-state index contributed by atoms with van der Waals surface area (Å²) in [5.74, 6) is -0.830. The third kappa shape index (κ3) is 4.54. The molecule has 2 rings (SSSR count). The Morgan fingerprint density at radius 3 is 2.25 bits per heavy atom. The second-order valence-electron chi connectivity index (χ2n) is 4.79. The van der Waals surface area contributed by atoms with E-state index in [1.54, 1.807) is 24.3 Å². The largest absolute Gasteiger partial charge is 0.497 e. The molecule has 0 aliphatic carbocycles. The van der Waals surface area contributed by atoms with Crippen molar-refractivity contribution in [1.29, 1.82) is 0 Å². The second-order valence-corrected chi connectivity index (χ2v) is 6.62. The fourth-order valence-electron chi connectivity index (χ4n) is 1.90. The Hall–Kier alpha value is -2.42. The monoisotopic (exact) mass is 351 g/mol. The standard InChI is InChI=1S/C16H17NO6S/c1-22-14-7-9-15(10-8-14)24(20,21)17(11-16(18)19)23-12-13-5-3-2-4-6-13/h2-10H,11-12H2,1H3,(H,18,19). The maximum Gasteiger partial charge on any atom is 0.321 e. The lowest BCUT2D eigenvalue weighted by Crippen LogP contribution is -2.35. The molecular weight excluding hydrogens is 334 g/mol. The first-order chi connectivity index (χ1) is 11.4. The van der Waals surface area contributed by atoms with Crippen LogP contribution in [0.2, 0.25) is 0 Å². The van der Waals surface area contributed by atoms with E-state index in [0.717, 1.165) is 5.56 Å². The Bertz CT molecular complexity index is 774. The normalized spacial score (nSPS) is 11.4. The average molecular weight is 351 g/mol. The van der Waals surface area contributed by atoms with Gasteiger partial charge in [-0.05, 0) is 29.8 Å². The molecule has 0 saturated carbocycles. The predicted molar refractivity (Wildman–Crippen MR) is 85.8 cm³/mol. The third-order valence-corrected chi connectivity index (χ3v) is 4.75. The minimum Gasteiger partial charge on any atom is -0.497 e. The number of ether oxygens (including phenoxy) is 1. The number of hydrogen-bond acceptors (Lipinski definition) is 5. The van der Waals surface area contributed by atoms with E-state index in [9.17, 15) is 13.2 Å². The van der Waals surface area contributed by atoms with Gasteiger partial charge in [0.2, 0.25) is 0 Å². The summed E-state index contributed by atoms with van der Waals surface area (Å²) in [5.41, 5.74) is 0.720. The Labute approximate surface area is 140 Å². The summed E-state index contributed by atoms with van der Waals surface area (Å²) in [7, 11) is -2.66. The Morgan fingerprint density at radius 1 is 1.08 bits per heavy atom. The highest BCUT2D eigenvalue weighted by molar-refractivity contribution is 7.89. The summed E-state index contributed by atoms with van der Waals surface area (Å²) in [6.07, 6.45) is 0. The number of carboxylic acids is 1. The van der Waals surface area contributed by atoms with Crippen LogP contribution in [0.3, 0.4) is 0 Å². The zero-order chi connectivity index (χ0) is 17.6. The molecular formula is C16H17NO6S. The van der Waals surface area contributed by atoms with Crippen LogP contribution >= 0.6 is 0 Å². The summed E-state index contributed by atoms with van der Waals surface area (Å²) < 4.78 is 30.6. The van der Waals surface area contributed by atoms with E-state index in [4.69, 9.17) is 14.7 Å². The van der Waals surface area contributed by atoms with Crippen molar-refractivity contribution in [3.63, 3.8) is 0 Å². The number of nitrogens with zero attached hydrogens (tertiary/aromatic N) is 1. The molecule has 8 heteroatoms. The van der Waals surface area contributed by atoms with Gasteiger partial charge >= 0.3 is 5.97 Å². The van der Waals surface area contributed by atoms with Gasteiger partial charge in [-0.2, -0.15) is 0 Å². The molecule has 0 atom stereocenters. The van der Waals surface area contributed by atoms with Gasteiger partial charge in [0.25, 0.3) is 10.0 Å². The minimum atomic E-state index is -4.12. The van der Waals surface area contributed by atoms with Gasteiger partial charge in [0.15, 0.2) is 0 Å². The van der Waals surface area contributed by atoms with Crippen LogP contribution in [-0.4, -0.2) is 37.6 Å². The van der Waals surface area contributed by atoms with Crippen LogP contribution in [0.1, 0.15) is 5.56 Å². The molecule has 1 N–H and O–H groups in total. The highest BCUT2D eigenvalue weighted by atomic mass is 32.2. The van der Waals surface area contributed by atoms with E-state index in [0.29, 0.717) is 10.2 Å². The molecule has 0 bridgehead atoms. The molecule has 0 aromatic heterocycles. The van der Waals surface area contributed by atoms with E-state index < -0.39 is 22.5 Å². The zero-order valence-electron chi connectivity index (χ0n) is 13.0. The molecule has 0 spiro atoms. The van der Waals surface area contributed by atoms with E-state index in [1.165, 1.54) is 31.4 Å². The molecule has 0 saturated heterocycles. The number of sulfonamides is 1. The van der Waals surface area contributed by atoms with Crippen LogP contribution in [0.15, 0.2) is 59.5 Å². The quantitative estimate of drug-likeness (QED) is 0.730. The van der Waals surface area contributed by atoms with Gasteiger partial charge in [-0.1, -0.05) is 34.8 Å². The number of hydrogen-bond donors (Lipinski definition) is 1. The van der Waals surface area contributed by atoms with Gasteiger partial charge in [0.1, 0.15) is 12.3 Å². The highest BCUT2D eigenvalue weighted by Gasteiger charge is 2.28. The van der Waals surface area contributed by atoms with Crippen LogP contribution in [0.4, 0.5) is 0 Å². The molecule has 2 aromatic rings. The van der Waals surface area contributed by atoms with Crippen LogP contribution in [0, 0.1) is 0 Å². The second kappa shape index (κ2) is 7.91. The topological polar surface area (TPSA) is 93.1 Å². The van der Waals surface area contributed by atoms with Gasteiger partial charge in [0.05, 0.1) is 18.6 Å². The van der Waals surface area contributed by atoms with Crippen molar-refractivity contribution >= 4 is 16.0 Å². The highest BCUT2D eigenvalue weighted by Crippen LogP contribution is 2.20. The SMILES string of the molecule is COc1ccc(S(=O)(=O)N(CC(=O)O)OCc2ccccc2)cc1. The third-order valence-electron chi connectivity index (χ3n) is 3.11. The van der Waals surface area contributed by atoms with Gasteiger partial charge < -0.3 is 9.84 Å². The molecule has 2 aromatic carbocycles. The zero-order valence-corrected chi connectivity index (χ0v) is 13.8. The molecule has 0 heterocycles.